The van der Waals surface area contributed by atoms with Gasteiger partial charge in [-0.15, -0.1) is 0 Å². The number of aliphatic hydroxyl groups is 2. The average Bonchev–Trinajstić information content (AvgIpc) is 2.53. The van der Waals surface area contributed by atoms with Crippen LogP contribution >= 0.6 is 0 Å². The maximum atomic E-state index is 10.2. The highest BCUT2D eigenvalue weighted by Crippen LogP contribution is 2.24. The van der Waals surface area contributed by atoms with Crippen LogP contribution in [0, 0.1) is 0 Å². The van der Waals surface area contributed by atoms with Gasteiger partial charge in [0.1, 0.15) is 6.10 Å². The third-order valence-electron chi connectivity index (χ3n) is 3.75. The summed E-state index contributed by atoms with van der Waals surface area (Å²) >= 11 is 0. The van der Waals surface area contributed by atoms with Gasteiger partial charge in [0.05, 0.1) is 6.10 Å². The van der Waals surface area contributed by atoms with Crippen molar-refractivity contribution in [2.75, 3.05) is 44.7 Å². The molecule has 5 heteroatoms. The Labute approximate surface area is 120 Å². The summed E-state index contributed by atoms with van der Waals surface area (Å²) in [5.41, 5.74) is 1.90. The van der Waals surface area contributed by atoms with E-state index in [9.17, 15) is 10.2 Å². The molecule has 2 rings (SSSR count). The fraction of sp³-hybridized carbons (Fsp3) is 0.600. The van der Waals surface area contributed by atoms with Crippen LogP contribution < -0.4 is 15.5 Å². The number of nitrogens with one attached hydrogen (secondary N) is 2. The lowest BCUT2D eigenvalue weighted by Gasteiger charge is -2.30. The lowest BCUT2D eigenvalue weighted by Crippen LogP contribution is -2.43. The molecule has 0 amide bonds. The van der Waals surface area contributed by atoms with Gasteiger partial charge in [-0.1, -0.05) is 12.1 Å². The first-order valence-corrected chi connectivity index (χ1v) is 7.28. The van der Waals surface area contributed by atoms with Crippen LogP contribution in [-0.4, -0.2) is 56.1 Å². The number of nitrogens with zero attached hydrogens (tertiary/aromatic N) is 1. The number of piperazine rings is 1. The van der Waals surface area contributed by atoms with Gasteiger partial charge in [-0.2, -0.15) is 0 Å². The largest absolute Gasteiger partial charge is 0.390 e. The molecule has 2 atom stereocenters. The van der Waals surface area contributed by atoms with Crippen LogP contribution in [0.25, 0.3) is 0 Å². The van der Waals surface area contributed by atoms with E-state index >= 15 is 0 Å². The van der Waals surface area contributed by atoms with Crippen molar-refractivity contribution in [3.63, 3.8) is 0 Å². The highest BCUT2D eigenvalue weighted by Gasteiger charge is 2.19. The normalized spacial score (nSPS) is 18.9. The summed E-state index contributed by atoms with van der Waals surface area (Å²) in [5.74, 6) is 0. The molecule has 0 aromatic heterocycles. The predicted molar refractivity (Wildman–Crippen MR) is 81.0 cm³/mol. The summed E-state index contributed by atoms with van der Waals surface area (Å²) in [4.78, 5) is 2.30. The molecule has 5 nitrogen and oxygen atoms in total. The zero-order chi connectivity index (χ0) is 14.4. The second-order valence-corrected chi connectivity index (χ2v) is 5.24. The molecule has 1 aliphatic heterocycles. The summed E-state index contributed by atoms with van der Waals surface area (Å²) in [7, 11) is 1.84. The van der Waals surface area contributed by atoms with Gasteiger partial charge in [-0.25, -0.2) is 0 Å². The first-order valence-electron chi connectivity index (χ1n) is 7.28. The van der Waals surface area contributed by atoms with Gasteiger partial charge >= 0.3 is 0 Å². The Hall–Kier alpha value is -1.14. The molecule has 0 saturated carbocycles. The van der Waals surface area contributed by atoms with E-state index in [4.69, 9.17) is 0 Å². The van der Waals surface area contributed by atoms with Crippen LogP contribution in [0.5, 0.6) is 0 Å². The lowest BCUT2D eigenvalue weighted by atomic mass is 10.0. The molecule has 4 N–H and O–H groups in total. The molecule has 20 heavy (non-hydrogen) atoms. The minimum absolute atomic E-state index is 0.537. The van der Waals surface area contributed by atoms with E-state index in [1.165, 1.54) is 0 Å². The molecule has 0 radical (unpaired) electrons. The number of benzene rings is 1. The molecule has 1 aliphatic rings. The fourth-order valence-corrected chi connectivity index (χ4v) is 2.50. The van der Waals surface area contributed by atoms with E-state index in [-0.39, 0.29) is 0 Å². The van der Waals surface area contributed by atoms with Crippen molar-refractivity contribution < 1.29 is 10.2 Å². The number of hydrogen-bond acceptors (Lipinski definition) is 5. The van der Waals surface area contributed by atoms with Gasteiger partial charge in [0, 0.05) is 31.9 Å². The van der Waals surface area contributed by atoms with Crippen LogP contribution in [0.1, 0.15) is 18.1 Å². The van der Waals surface area contributed by atoms with Crippen molar-refractivity contribution in [1.29, 1.82) is 0 Å². The molecule has 0 spiro atoms. The van der Waals surface area contributed by atoms with Crippen LogP contribution in [0.4, 0.5) is 5.69 Å². The van der Waals surface area contributed by atoms with Crippen LogP contribution in [0.15, 0.2) is 24.3 Å². The Bertz CT molecular complexity index is 408. The monoisotopic (exact) mass is 279 g/mol. The predicted octanol–water partition coefficient (Wildman–Crippen LogP) is 0.100. The van der Waals surface area contributed by atoms with Crippen molar-refractivity contribution in [1.82, 2.24) is 10.6 Å². The Morgan fingerprint density at radius 1 is 1.30 bits per heavy atom. The average molecular weight is 279 g/mol. The van der Waals surface area contributed by atoms with Crippen molar-refractivity contribution >= 4 is 5.69 Å². The molecule has 112 valence electrons. The van der Waals surface area contributed by atoms with Gasteiger partial charge in [-0.3, -0.25) is 0 Å². The van der Waals surface area contributed by atoms with Crippen LogP contribution in [0.3, 0.4) is 0 Å². The van der Waals surface area contributed by atoms with Gasteiger partial charge in [0.15, 0.2) is 0 Å². The van der Waals surface area contributed by atoms with Crippen molar-refractivity contribution in [3.8, 4) is 0 Å². The Kier molecular flexibility index (Phi) is 5.79. The Balaban J connectivity index is 2.04. The van der Waals surface area contributed by atoms with Crippen molar-refractivity contribution in [3.05, 3.63) is 29.8 Å². The summed E-state index contributed by atoms with van der Waals surface area (Å²) < 4.78 is 0. The third kappa shape index (κ3) is 3.93. The maximum absolute atomic E-state index is 10.2. The van der Waals surface area contributed by atoms with E-state index < -0.39 is 12.2 Å². The minimum Gasteiger partial charge on any atom is -0.390 e. The molecule has 1 heterocycles. The molecular weight excluding hydrogens is 254 g/mol. The van der Waals surface area contributed by atoms with Gasteiger partial charge < -0.3 is 25.7 Å². The first-order chi connectivity index (χ1) is 9.72. The number of rotatable bonds is 6. The lowest BCUT2D eigenvalue weighted by molar-refractivity contribution is 0.0140. The maximum Gasteiger partial charge on any atom is 0.105 e. The minimum atomic E-state index is -0.828. The summed E-state index contributed by atoms with van der Waals surface area (Å²) in [6.07, 6.45) is -1.03. The summed E-state index contributed by atoms with van der Waals surface area (Å²) in [6.45, 7) is 4.61. The quantitative estimate of drug-likeness (QED) is 0.595. The molecule has 2 unspecified atom stereocenters. The molecule has 0 aliphatic carbocycles. The summed E-state index contributed by atoms with van der Waals surface area (Å²) in [5, 5.41) is 26.5. The topological polar surface area (TPSA) is 67.8 Å². The Morgan fingerprint density at radius 2 is 2.05 bits per heavy atom. The standard InChI is InChI=1S/C15H25N3O2/c1-16-6-5-14(19)15(20)12-3-2-4-13(11-12)18-9-7-17-8-10-18/h2-4,11,14-17,19-20H,5-10H2,1H3. The number of hydrogen-bond donors (Lipinski definition) is 4. The molecule has 1 aromatic carbocycles. The fourth-order valence-electron chi connectivity index (χ4n) is 2.50. The van der Waals surface area contributed by atoms with Gasteiger partial charge in [-0.05, 0) is 37.7 Å². The van der Waals surface area contributed by atoms with E-state index in [0.29, 0.717) is 13.0 Å². The second-order valence-electron chi connectivity index (χ2n) is 5.24. The zero-order valence-corrected chi connectivity index (χ0v) is 12.0. The van der Waals surface area contributed by atoms with E-state index in [0.717, 1.165) is 37.4 Å². The molecule has 1 saturated heterocycles. The highest BCUT2D eigenvalue weighted by atomic mass is 16.3. The smallest absolute Gasteiger partial charge is 0.105 e. The highest BCUT2D eigenvalue weighted by molar-refractivity contribution is 5.49. The molecular formula is C15H25N3O2. The van der Waals surface area contributed by atoms with E-state index in [1.807, 2.05) is 25.2 Å². The van der Waals surface area contributed by atoms with E-state index in [1.54, 1.807) is 0 Å². The second kappa shape index (κ2) is 7.59. The molecule has 1 aromatic rings. The van der Waals surface area contributed by atoms with Crippen molar-refractivity contribution in [2.24, 2.45) is 0 Å². The SMILES string of the molecule is CNCCC(O)C(O)c1cccc(N2CCNCC2)c1. The van der Waals surface area contributed by atoms with Crippen LogP contribution in [-0.2, 0) is 0 Å². The van der Waals surface area contributed by atoms with E-state index in [2.05, 4.69) is 21.6 Å². The molecule has 1 fully saturated rings. The number of anilines is 1. The number of aliphatic hydroxyl groups excluding tert-OH is 2. The van der Waals surface area contributed by atoms with Crippen LogP contribution in [0.2, 0.25) is 0 Å². The molecule has 0 bridgehead atoms. The Morgan fingerprint density at radius 3 is 2.75 bits per heavy atom. The van der Waals surface area contributed by atoms with Crippen molar-refractivity contribution in [2.45, 2.75) is 18.6 Å². The first kappa shape index (κ1) is 15.3. The van der Waals surface area contributed by atoms with Gasteiger partial charge in [0.25, 0.3) is 0 Å². The summed E-state index contributed by atoms with van der Waals surface area (Å²) in [6, 6.07) is 7.86. The third-order valence-corrected chi connectivity index (χ3v) is 3.75. The zero-order valence-electron chi connectivity index (χ0n) is 12.0. The van der Waals surface area contributed by atoms with Gasteiger partial charge in [0.2, 0.25) is 0 Å².